The molecule has 2 aliphatic rings. The first-order chi connectivity index (χ1) is 10.6. The number of carbonyl (C=O) groups excluding carboxylic acids is 1. The fourth-order valence-electron chi connectivity index (χ4n) is 2.42. The number of hydrogen-bond acceptors (Lipinski definition) is 4. The second kappa shape index (κ2) is 6.20. The van der Waals surface area contributed by atoms with E-state index in [2.05, 4.69) is 24.3 Å². The third-order valence-corrected chi connectivity index (χ3v) is 3.68. The fraction of sp³-hybridized carbons (Fsp3) is 0.529. The minimum Gasteiger partial charge on any atom is -0.478 e. The van der Waals surface area contributed by atoms with E-state index < -0.39 is 23.4 Å². The number of aliphatic carboxylic acids is 1. The molecule has 0 radical (unpaired) electrons. The number of carboxylic acid groups (broad SMARTS) is 1. The van der Waals surface area contributed by atoms with Gasteiger partial charge in [0.05, 0.1) is 0 Å². The van der Waals surface area contributed by atoms with Gasteiger partial charge in [0.1, 0.15) is 5.60 Å². The summed E-state index contributed by atoms with van der Waals surface area (Å²) in [5.41, 5.74) is 0.228. The Bertz CT molecular complexity index is 586. The minimum atomic E-state index is -2.12. The van der Waals surface area contributed by atoms with Crippen molar-refractivity contribution in [3.8, 4) is 0 Å². The average molecular weight is 321 g/mol. The summed E-state index contributed by atoms with van der Waals surface area (Å²) < 4.78 is 5.03. The van der Waals surface area contributed by atoms with Crippen LogP contribution in [0.25, 0.3) is 0 Å². The molecule has 0 saturated carbocycles. The maximum atomic E-state index is 11.7. The van der Waals surface area contributed by atoms with Gasteiger partial charge in [-0.25, -0.2) is 9.59 Å². The van der Waals surface area contributed by atoms with Crippen LogP contribution in [0.5, 0.6) is 0 Å². The van der Waals surface area contributed by atoms with Gasteiger partial charge in [-0.05, 0) is 44.7 Å². The Balaban J connectivity index is 0.000000223. The highest BCUT2D eigenvalue weighted by Crippen LogP contribution is 2.28. The van der Waals surface area contributed by atoms with Crippen LogP contribution in [-0.2, 0) is 16.0 Å². The predicted octanol–water partition coefficient (Wildman–Crippen LogP) is 2.38. The van der Waals surface area contributed by atoms with Gasteiger partial charge in [0.25, 0.3) is 0 Å². The molecule has 1 aliphatic carbocycles. The summed E-state index contributed by atoms with van der Waals surface area (Å²) in [5.74, 6) is -1.42. The molecule has 1 heterocycles. The molecule has 1 aromatic carbocycles. The van der Waals surface area contributed by atoms with Crippen LogP contribution in [-0.4, -0.2) is 45.0 Å². The molecule has 1 aromatic rings. The lowest BCUT2D eigenvalue weighted by Crippen LogP contribution is -2.54. The van der Waals surface area contributed by atoms with Gasteiger partial charge in [0.2, 0.25) is 5.72 Å². The standard InChI is InChI=1S/C10H17NO5.C7H6/c1-9(2,3)16-8(14)11-6-4-5-10(11,15)7(12)13;1-2-4-7-5-6(7)3-1/h15H,4-6H2,1-3H3,(H,12,13);1-4H,5H2. The topological polar surface area (TPSA) is 87.1 Å². The molecular weight excluding hydrogens is 298 g/mol. The number of aliphatic hydroxyl groups is 1. The molecule has 6 heteroatoms. The number of nitrogens with zero attached hydrogens (tertiary/aromatic N) is 1. The highest BCUT2D eigenvalue weighted by molar-refractivity contribution is 5.83. The molecule has 1 aliphatic heterocycles. The zero-order valence-corrected chi connectivity index (χ0v) is 13.7. The molecule has 0 spiro atoms. The Hall–Kier alpha value is -2.08. The van der Waals surface area contributed by atoms with Gasteiger partial charge in [-0.3, -0.25) is 4.90 Å². The van der Waals surface area contributed by atoms with E-state index in [0.717, 1.165) is 4.90 Å². The monoisotopic (exact) mass is 321 g/mol. The molecule has 0 aromatic heterocycles. The van der Waals surface area contributed by atoms with E-state index in [1.165, 1.54) is 17.5 Å². The van der Waals surface area contributed by atoms with Crippen molar-refractivity contribution in [3.05, 3.63) is 35.4 Å². The van der Waals surface area contributed by atoms with E-state index in [1.807, 2.05) is 0 Å². The van der Waals surface area contributed by atoms with Crippen LogP contribution in [0.1, 0.15) is 44.7 Å². The van der Waals surface area contributed by atoms with Crippen molar-refractivity contribution >= 4 is 12.1 Å². The van der Waals surface area contributed by atoms with Gasteiger partial charge in [-0.1, -0.05) is 24.3 Å². The lowest BCUT2D eigenvalue weighted by molar-refractivity contribution is -0.174. The average Bonchev–Trinajstić information content (AvgIpc) is 3.11. The summed E-state index contributed by atoms with van der Waals surface area (Å²) in [6.45, 7) is 5.24. The number of amides is 1. The summed E-state index contributed by atoms with van der Waals surface area (Å²) in [6, 6.07) is 8.53. The van der Waals surface area contributed by atoms with Crippen LogP contribution in [0.15, 0.2) is 24.3 Å². The van der Waals surface area contributed by atoms with E-state index in [9.17, 15) is 14.7 Å². The lowest BCUT2D eigenvalue weighted by atomic mass is 10.1. The molecule has 1 saturated heterocycles. The molecule has 23 heavy (non-hydrogen) atoms. The molecule has 3 rings (SSSR count). The number of hydrogen-bond donors (Lipinski definition) is 2. The second-order valence-corrected chi connectivity index (χ2v) is 6.80. The lowest BCUT2D eigenvalue weighted by Gasteiger charge is -2.31. The second-order valence-electron chi connectivity index (χ2n) is 6.80. The van der Waals surface area contributed by atoms with Crippen molar-refractivity contribution in [1.29, 1.82) is 0 Å². The van der Waals surface area contributed by atoms with Crippen molar-refractivity contribution in [2.24, 2.45) is 0 Å². The van der Waals surface area contributed by atoms with Crippen LogP contribution in [0.4, 0.5) is 4.79 Å². The SMILES string of the molecule is CC(C)(C)OC(=O)N1CCCC1(O)C(=O)O.c1ccc2c(c1)C2. The Morgan fingerprint density at radius 2 is 1.78 bits per heavy atom. The third kappa shape index (κ3) is 4.22. The molecule has 6 nitrogen and oxygen atoms in total. The van der Waals surface area contributed by atoms with Gasteiger partial charge in [-0.15, -0.1) is 0 Å². The van der Waals surface area contributed by atoms with Crippen LogP contribution in [0.2, 0.25) is 0 Å². The van der Waals surface area contributed by atoms with Gasteiger partial charge < -0.3 is 14.9 Å². The summed E-state index contributed by atoms with van der Waals surface area (Å²) in [5, 5.41) is 18.7. The fourth-order valence-corrected chi connectivity index (χ4v) is 2.42. The Morgan fingerprint density at radius 1 is 1.22 bits per heavy atom. The van der Waals surface area contributed by atoms with Crippen LogP contribution in [0, 0.1) is 0 Å². The molecular formula is C17H23NO5. The zero-order valence-electron chi connectivity index (χ0n) is 13.7. The van der Waals surface area contributed by atoms with E-state index in [0.29, 0.717) is 6.42 Å². The smallest absolute Gasteiger partial charge is 0.413 e. The van der Waals surface area contributed by atoms with E-state index >= 15 is 0 Å². The highest BCUT2D eigenvalue weighted by Gasteiger charge is 2.50. The maximum absolute atomic E-state index is 11.7. The van der Waals surface area contributed by atoms with Crippen molar-refractivity contribution in [2.75, 3.05) is 6.54 Å². The largest absolute Gasteiger partial charge is 0.478 e. The van der Waals surface area contributed by atoms with E-state index in [4.69, 9.17) is 9.84 Å². The van der Waals surface area contributed by atoms with Crippen molar-refractivity contribution in [2.45, 2.75) is 51.4 Å². The van der Waals surface area contributed by atoms with Gasteiger partial charge >= 0.3 is 12.1 Å². The zero-order chi connectivity index (χ0) is 17.3. The first kappa shape index (κ1) is 17.3. The number of carbonyl (C=O) groups is 2. The Labute approximate surface area is 135 Å². The van der Waals surface area contributed by atoms with Gasteiger partial charge in [-0.2, -0.15) is 0 Å². The molecule has 1 unspecified atom stereocenters. The van der Waals surface area contributed by atoms with Crippen molar-refractivity contribution < 1.29 is 24.5 Å². The highest BCUT2D eigenvalue weighted by atomic mass is 16.6. The quantitative estimate of drug-likeness (QED) is 0.842. The Kier molecular flexibility index (Phi) is 4.66. The molecule has 1 amide bonds. The van der Waals surface area contributed by atoms with Gasteiger partial charge in [0, 0.05) is 13.0 Å². The number of fused-ring (bicyclic) bond motifs is 1. The van der Waals surface area contributed by atoms with Gasteiger partial charge in [0.15, 0.2) is 0 Å². The molecule has 0 bridgehead atoms. The van der Waals surface area contributed by atoms with Crippen molar-refractivity contribution in [3.63, 3.8) is 0 Å². The van der Waals surface area contributed by atoms with Crippen LogP contribution >= 0.6 is 0 Å². The summed E-state index contributed by atoms with van der Waals surface area (Å²) in [7, 11) is 0. The molecule has 2 N–H and O–H groups in total. The number of ether oxygens (including phenoxy) is 1. The van der Waals surface area contributed by atoms with E-state index in [1.54, 1.807) is 20.8 Å². The molecule has 1 atom stereocenters. The minimum absolute atomic E-state index is 0.0293. The summed E-state index contributed by atoms with van der Waals surface area (Å²) in [4.78, 5) is 23.4. The van der Waals surface area contributed by atoms with Crippen LogP contribution in [0.3, 0.4) is 0 Å². The summed E-state index contributed by atoms with van der Waals surface area (Å²) in [6.07, 6.45) is 0.922. The van der Waals surface area contributed by atoms with Crippen LogP contribution < -0.4 is 0 Å². The van der Waals surface area contributed by atoms with Crippen molar-refractivity contribution in [1.82, 2.24) is 4.90 Å². The normalized spacial score (nSPS) is 21.8. The Morgan fingerprint density at radius 3 is 2.22 bits per heavy atom. The van der Waals surface area contributed by atoms with E-state index in [-0.39, 0.29) is 13.0 Å². The number of rotatable bonds is 1. The first-order valence-corrected chi connectivity index (χ1v) is 7.67. The first-order valence-electron chi connectivity index (χ1n) is 7.67. The molecule has 126 valence electrons. The third-order valence-electron chi connectivity index (χ3n) is 3.68. The molecule has 1 fully saturated rings. The number of benzene rings is 1. The number of carboxylic acids is 1. The number of likely N-dealkylation sites (tertiary alicyclic amines) is 1. The predicted molar refractivity (Wildman–Crippen MR) is 84.0 cm³/mol. The summed E-state index contributed by atoms with van der Waals surface area (Å²) >= 11 is 0. The maximum Gasteiger partial charge on any atom is 0.413 e.